The van der Waals surface area contributed by atoms with E-state index >= 15 is 0 Å². The molecule has 0 aliphatic heterocycles. The van der Waals surface area contributed by atoms with Crippen LogP contribution in [-0.2, 0) is 0 Å². The third-order valence-electron chi connectivity index (χ3n) is 0.471. The highest BCUT2D eigenvalue weighted by molar-refractivity contribution is 8.16. The molecule has 0 bridgehead atoms. The summed E-state index contributed by atoms with van der Waals surface area (Å²) in [4.78, 5) is 0. The first-order valence-electron chi connectivity index (χ1n) is 2.48. The van der Waals surface area contributed by atoms with Crippen LogP contribution in [-0.4, -0.2) is 5.04 Å². The number of nitrogens with one attached hydrogen (secondary N) is 1. The molecule has 8 heavy (non-hydrogen) atoms. The van der Waals surface area contributed by atoms with Gasteiger partial charge in [-0.2, -0.15) is 0 Å². The third-order valence-corrected chi connectivity index (χ3v) is 1.41. The summed E-state index contributed by atoms with van der Waals surface area (Å²) in [6.07, 6.45) is 0. The Balaban J connectivity index is 3.45. The third kappa shape index (κ3) is 5.76. The van der Waals surface area contributed by atoms with Crippen LogP contribution < -0.4 is 0 Å². The van der Waals surface area contributed by atoms with Crippen LogP contribution in [0.2, 0.25) is 0 Å². The molecule has 1 N–H and O–H groups in total. The van der Waals surface area contributed by atoms with E-state index in [1.54, 1.807) is 6.92 Å². The fourth-order valence-corrected chi connectivity index (χ4v) is 0.619. The van der Waals surface area contributed by atoms with Gasteiger partial charge in [-0.05, 0) is 26.2 Å². The molecule has 0 saturated carbocycles. The minimum atomic E-state index is 0.645. The van der Waals surface area contributed by atoms with Crippen LogP contribution in [0.25, 0.3) is 0 Å². The molecule has 0 saturated heterocycles. The van der Waals surface area contributed by atoms with Crippen LogP contribution in [0, 0.1) is 5.41 Å². The van der Waals surface area contributed by atoms with Gasteiger partial charge in [0, 0.05) is 0 Å². The van der Waals surface area contributed by atoms with Crippen molar-refractivity contribution in [3.05, 3.63) is 11.0 Å². The van der Waals surface area contributed by atoms with Gasteiger partial charge in [0.15, 0.2) is 0 Å². The van der Waals surface area contributed by atoms with Crippen LogP contribution in [0.5, 0.6) is 0 Å². The van der Waals surface area contributed by atoms with E-state index in [2.05, 4.69) is 0 Å². The molecular formula is C6H11NS. The Labute approximate surface area is 54.7 Å². The minimum Gasteiger partial charge on any atom is -0.298 e. The van der Waals surface area contributed by atoms with Gasteiger partial charge in [0.2, 0.25) is 0 Å². The number of rotatable bonds is 1. The first-order chi connectivity index (χ1) is 3.63. The number of allylic oxidation sites excluding steroid dienone is 1. The van der Waals surface area contributed by atoms with Crippen molar-refractivity contribution < 1.29 is 0 Å². The second-order valence-electron chi connectivity index (χ2n) is 1.87. The van der Waals surface area contributed by atoms with Crippen molar-refractivity contribution in [1.29, 1.82) is 5.41 Å². The van der Waals surface area contributed by atoms with Crippen molar-refractivity contribution in [2.24, 2.45) is 0 Å². The van der Waals surface area contributed by atoms with E-state index in [1.165, 1.54) is 17.3 Å². The highest BCUT2D eigenvalue weighted by Crippen LogP contribution is 2.06. The van der Waals surface area contributed by atoms with Crippen LogP contribution in [0.4, 0.5) is 0 Å². The fourth-order valence-electron chi connectivity index (χ4n) is 0.206. The van der Waals surface area contributed by atoms with Gasteiger partial charge in [-0.1, -0.05) is 17.3 Å². The smallest absolute Gasteiger partial charge is 0.0652 e. The van der Waals surface area contributed by atoms with E-state index in [0.717, 1.165) is 0 Å². The van der Waals surface area contributed by atoms with Gasteiger partial charge in [-0.3, -0.25) is 5.41 Å². The maximum atomic E-state index is 7.01. The van der Waals surface area contributed by atoms with Crippen molar-refractivity contribution in [3.8, 4) is 0 Å². The van der Waals surface area contributed by atoms with Crippen LogP contribution in [0.15, 0.2) is 11.0 Å². The zero-order chi connectivity index (χ0) is 6.57. The van der Waals surface area contributed by atoms with Crippen molar-refractivity contribution >= 4 is 16.8 Å². The lowest BCUT2D eigenvalue weighted by molar-refractivity contribution is 1.42. The Kier molecular flexibility index (Phi) is 3.61. The highest BCUT2D eigenvalue weighted by atomic mass is 32.2. The molecule has 0 fully saturated rings. The average Bonchev–Trinajstić information content (AvgIpc) is 1.61. The lowest BCUT2D eigenvalue weighted by atomic mass is 10.4. The Morgan fingerprint density at radius 3 is 2.00 bits per heavy atom. The molecule has 0 aromatic heterocycles. The molecule has 0 atom stereocenters. The lowest BCUT2D eigenvalue weighted by Crippen LogP contribution is -1.72. The summed E-state index contributed by atoms with van der Waals surface area (Å²) >= 11 is 1.46. The minimum absolute atomic E-state index is 0.645. The summed E-state index contributed by atoms with van der Waals surface area (Å²) in [5, 5.41) is 9.63. The largest absolute Gasteiger partial charge is 0.298 e. The molecule has 0 radical (unpaired) electrons. The molecule has 2 heteroatoms. The summed E-state index contributed by atoms with van der Waals surface area (Å²) in [5.74, 6) is 0. The van der Waals surface area contributed by atoms with E-state index in [-0.39, 0.29) is 0 Å². The van der Waals surface area contributed by atoms with Gasteiger partial charge in [-0.25, -0.2) is 0 Å². The summed E-state index contributed by atoms with van der Waals surface area (Å²) in [6.45, 7) is 5.83. The Bertz CT molecular complexity index is 112. The zero-order valence-electron chi connectivity index (χ0n) is 5.49. The molecule has 46 valence electrons. The number of hydrogen-bond acceptors (Lipinski definition) is 2. The molecule has 0 rings (SSSR count). The first kappa shape index (κ1) is 7.76. The van der Waals surface area contributed by atoms with Crippen molar-refractivity contribution in [2.75, 3.05) is 0 Å². The second-order valence-corrected chi connectivity index (χ2v) is 2.95. The molecule has 0 aromatic rings. The summed E-state index contributed by atoms with van der Waals surface area (Å²) in [5.41, 5.74) is 1.25. The maximum Gasteiger partial charge on any atom is 0.0652 e. The monoisotopic (exact) mass is 129 g/mol. The van der Waals surface area contributed by atoms with Crippen LogP contribution >= 0.6 is 11.8 Å². The van der Waals surface area contributed by atoms with Crippen molar-refractivity contribution in [2.45, 2.75) is 20.8 Å². The predicted molar refractivity (Wildman–Crippen MR) is 40.4 cm³/mol. The SMILES string of the molecule is CC(=N)SC=C(C)C. The van der Waals surface area contributed by atoms with Gasteiger partial charge >= 0.3 is 0 Å². The normalized spacial score (nSPS) is 8.38. The summed E-state index contributed by atoms with van der Waals surface area (Å²) < 4.78 is 0. The molecule has 0 heterocycles. The van der Waals surface area contributed by atoms with E-state index < -0.39 is 0 Å². The zero-order valence-corrected chi connectivity index (χ0v) is 6.30. The predicted octanol–water partition coefficient (Wildman–Crippen LogP) is 2.64. The van der Waals surface area contributed by atoms with E-state index in [1.807, 2.05) is 19.3 Å². The van der Waals surface area contributed by atoms with Gasteiger partial charge in [0.05, 0.1) is 5.04 Å². The van der Waals surface area contributed by atoms with Gasteiger partial charge < -0.3 is 0 Å². The lowest BCUT2D eigenvalue weighted by Gasteiger charge is -1.87. The molecule has 0 aliphatic rings. The van der Waals surface area contributed by atoms with Gasteiger partial charge in [0.25, 0.3) is 0 Å². The molecule has 0 amide bonds. The van der Waals surface area contributed by atoms with E-state index in [4.69, 9.17) is 5.41 Å². The highest BCUT2D eigenvalue weighted by Gasteiger charge is 1.81. The molecule has 0 aliphatic carbocycles. The van der Waals surface area contributed by atoms with E-state index in [9.17, 15) is 0 Å². The number of hydrogen-bond donors (Lipinski definition) is 1. The molecule has 0 spiro atoms. The topological polar surface area (TPSA) is 23.9 Å². The van der Waals surface area contributed by atoms with Crippen LogP contribution in [0.1, 0.15) is 20.8 Å². The molecular weight excluding hydrogens is 118 g/mol. The van der Waals surface area contributed by atoms with Gasteiger partial charge in [-0.15, -0.1) is 0 Å². The Hall–Kier alpha value is -0.240. The Morgan fingerprint density at radius 1 is 1.38 bits per heavy atom. The quantitative estimate of drug-likeness (QED) is 0.427. The van der Waals surface area contributed by atoms with E-state index in [0.29, 0.717) is 5.04 Å². The maximum absolute atomic E-state index is 7.01. The number of thioether (sulfide) groups is 1. The summed E-state index contributed by atoms with van der Waals surface area (Å²) in [7, 11) is 0. The van der Waals surface area contributed by atoms with Crippen molar-refractivity contribution in [1.82, 2.24) is 0 Å². The molecule has 1 nitrogen and oxygen atoms in total. The van der Waals surface area contributed by atoms with Crippen LogP contribution in [0.3, 0.4) is 0 Å². The van der Waals surface area contributed by atoms with Crippen molar-refractivity contribution in [3.63, 3.8) is 0 Å². The first-order valence-corrected chi connectivity index (χ1v) is 3.36. The summed E-state index contributed by atoms with van der Waals surface area (Å²) in [6, 6.07) is 0. The second kappa shape index (κ2) is 3.72. The Morgan fingerprint density at radius 2 is 1.88 bits per heavy atom. The van der Waals surface area contributed by atoms with Gasteiger partial charge in [0.1, 0.15) is 0 Å². The fraction of sp³-hybridized carbons (Fsp3) is 0.500. The average molecular weight is 129 g/mol. The standard InChI is InChI=1S/C6H11NS/c1-5(2)4-8-6(3)7/h4,7H,1-3H3. The molecule has 0 unspecified atom stereocenters. The molecule has 0 aromatic carbocycles.